The minimum Gasteiger partial charge on any atom is -0.478 e. The van der Waals surface area contributed by atoms with Gasteiger partial charge in [-0.1, -0.05) is 117 Å². The zero-order valence-corrected chi connectivity index (χ0v) is 20.7. The maximum absolute atomic E-state index is 10.5. The molecule has 0 bridgehead atoms. The molecule has 182 valence electrons. The van der Waals surface area contributed by atoms with E-state index >= 15 is 0 Å². The molecule has 0 atom stereocenters. The maximum atomic E-state index is 10.5. The monoisotopic (exact) mass is 438 g/mol. The van der Waals surface area contributed by atoms with Crippen LogP contribution in [0.5, 0.6) is 0 Å². The van der Waals surface area contributed by atoms with Gasteiger partial charge in [-0.15, -0.1) is 0 Å². The Bertz CT molecular complexity index is 480. The zero-order valence-electron chi connectivity index (χ0n) is 20.7. The fourth-order valence-corrected chi connectivity index (χ4v) is 3.28. The van der Waals surface area contributed by atoms with Gasteiger partial charge < -0.3 is 10.2 Å². The highest BCUT2D eigenvalue weighted by Crippen LogP contribution is 2.14. The van der Waals surface area contributed by atoms with Gasteiger partial charge in [-0.3, -0.25) is 0 Å². The van der Waals surface area contributed by atoms with Gasteiger partial charge in [0.2, 0.25) is 0 Å². The molecule has 0 saturated carbocycles. The van der Waals surface area contributed by atoms with Crippen molar-refractivity contribution >= 4 is 11.9 Å². The van der Waals surface area contributed by atoms with Crippen molar-refractivity contribution in [3.05, 3.63) is 24.3 Å². The van der Waals surface area contributed by atoms with Gasteiger partial charge in [0.25, 0.3) is 0 Å². The highest BCUT2D eigenvalue weighted by molar-refractivity contribution is 5.85. The summed E-state index contributed by atoms with van der Waals surface area (Å²) in [7, 11) is 0. The van der Waals surface area contributed by atoms with E-state index in [-0.39, 0.29) is 0 Å². The molecule has 0 radical (unpaired) electrons. The van der Waals surface area contributed by atoms with Gasteiger partial charge in [-0.05, 0) is 31.6 Å². The lowest BCUT2D eigenvalue weighted by Gasteiger charge is -2.04. The first-order chi connectivity index (χ1) is 14.7. The molecule has 2 N–H and O–H groups in total. The van der Waals surface area contributed by atoms with Crippen molar-refractivity contribution in [2.75, 3.05) is 0 Å². The van der Waals surface area contributed by atoms with Gasteiger partial charge in [0.05, 0.1) is 0 Å². The van der Waals surface area contributed by atoms with Gasteiger partial charge in [0.15, 0.2) is 0 Å². The second-order valence-corrected chi connectivity index (χ2v) is 9.10. The van der Waals surface area contributed by atoms with Gasteiger partial charge >= 0.3 is 11.9 Å². The lowest BCUT2D eigenvalue weighted by atomic mass is 10.0. The Labute approximate surface area is 192 Å². The van der Waals surface area contributed by atoms with Crippen LogP contribution >= 0.6 is 0 Å². The summed E-state index contributed by atoms with van der Waals surface area (Å²) in [5, 5.41) is 17.2. The lowest BCUT2D eigenvalue weighted by Crippen LogP contribution is -1.98. The maximum Gasteiger partial charge on any atom is 0.330 e. The summed E-state index contributed by atoms with van der Waals surface area (Å²) in [6.07, 6.45) is 19.8. The van der Waals surface area contributed by atoms with E-state index in [1.54, 1.807) is 0 Å². The minimum atomic E-state index is -0.852. The smallest absolute Gasteiger partial charge is 0.330 e. The number of hydrogen-bond donors (Lipinski definition) is 2. The van der Waals surface area contributed by atoms with Crippen LogP contribution in [0.15, 0.2) is 24.3 Å². The van der Waals surface area contributed by atoms with Crippen LogP contribution in [0, 0.1) is 5.92 Å². The van der Waals surface area contributed by atoms with Crippen molar-refractivity contribution in [2.24, 2.45) is 5.92 Å². The molecule has 0 aromatic heterocycles. The Balaban J connectivity index is 0. The summed E-state index contributed by atoms with van der Waals surface area (Å²) in [6, 6.07) is 0. The van der Waals surface area contributed by atoms with Gasteiger partial charge in [0.1, 0.15) is 0 Å². The highest BCUT2D eigenvalue weighted by atomic mass is 16.4. The van der Waals surface area contributed by atoms with Gasteiger partial charge in [-0.25, -0.2) is 9.59 Å². The number of aliphatic carboxylic acids is 2. The standard InChI is InChI=1S/C14H26O2.C13H24O2/c1-3-4-5-6-7-8-9-10-11-12-13(2)14(15)16;1-11(2)9-7-5-4-6-8-10-12(3)13(14)15/h2-12H2,1H3,(H,15,16);11H,3-10H2,1-2H3,(H,14,15). The van der Waals surface area contributed by atoms with Crippen molar-refractivity contribution in [1.82, 2.24) is 0 Å². The van der Waals surface area contributed by atoms with Crippen LogP contribution in [0.2, 0.25) is 0 Å². The number of unbranched alkanes of at least 4 members (excludes halogenated alkanes) is 12. The van der Waals surface area contributed by atoms with Gasteiger partial charge in [0, 0.05) is 11.1 Å². The lowest BCUT2D eigenvalue weighted by molar-refractivity contribution is -0.133. The fourth-order valence-electron chi connectivity index (χ4n) is 3.28. The number of rotatable bonds is 20. The number of carboxylic acid groups (broad SMARTS) is 2. The topological polar surface area (TPSA) is 74.6 Å². The molecule has 0 aromatic carbocycles. The summed E-state index contributed by atoms with van der Waals surface area (Å²) in [4.78, 5) is 20.9. The summed E-state index contributed by atoms with van der Waals surface area (Å²) < 4.78 is 0. The molecule has 0 aliphatic rings. The van der Waals surface area contributed by atoms with Crippen molar-refractivity contribution in [2.45, 2.75) is 130 Å². The van der Waals surface area contributed by atoms with E-state index in [2.05, 4.69) is 33.9 Å². The molecule has 0 aliphatic carbocycles. The first kappa shape index (κ1) is 31.6. The molecular weight excluding hydrogens is 388 g/mol. The Hall–Kier alpha value is -1.58. The van der Waals surface area contributed by atoms with Crippen LogP contribution in [-0.4, -0.2) is 22.2 Å². The average Bonchev–Trinajstić information content (AvgIpc) is 2.71. The molecule has 0 fully saturated rings. The Morgan fingerprint density at radius 3 is 1.26 bits per heavy atom. The summed E-state index contributed by atoms with van der Waals surface area (Å²) in [5.74, 6) is -0.897. The first-order valence-electron chi connectivity index (χ1n) is 12.5. The van der Waals surface area contributed by atoms with E-state index < -0.39 is 11.9 Å². The van der Waals surface area contributed by atoms with Crippen molar-refractivity contribution in [3.63, 3.8) is 0 Å². The highest BCUT2D eigenvalue weighted by Gasteiger charge is 2.03. The average molecular weight is 439 g/mol. The Kier molecular flexibility index (Phi) is 23.5. The third-order valence-electron chi connectivity index (χ3n) is 5.45. The third kappa shape index (κ3) is 26.4. The predicted molar refractivity (Wildman–Crippen MR) is 133 cm³/mol. The molecule has 0 saturated heterocycles. The molecule has 0 aliphatic heterocycles. The molecule has 0 amide bonds. The van der Waals surface area contributed by atoms with Crippen LogP contribution in [-0.2, 0) is 9.59 Å². The normalized spacial score (nSPS) is 10.5. The van der Waals surface area contributed by atoms with Crippen molar-refractivity contribution < 1.29 is 19.8 Å². The first-order valence-corrected chi connectivity index (χ1v) is 12.5. The van der Waals surface area contributed by atoms with E-state index in [9.17, 15) is 9.59 Å². The largest absolute Gasteiger partial charge is 0.478 e. The SMILES string of the molecule is C=C(CCCCCCCC(C)C)C(=O)O.C=C(CCCCCCCCCCC)C(=O)O. The minimum absolute atomic E-state index is 0.345. The molecule has 4 nitrogen and oxygen atoms in total. The quantitative estimate of drug-likeness (QED) is 0.147. The molecule has 0 unspecified atom stereocenters. The van der Waals surface area contributed by atoms with Gasteiger partial charge in [-0.2, -0.15) is 0 Å². The molecule has 4 heteroatoms. The van der Waals surface area contributed by atoms with Crippen molar-refractivity contribution in [1.29, 1.82) is 0 Å². The third-order valence-corrected chi connectivity index (χ3v) is 5.45. The Morgan fingerprint density at radius 1 is 0.613 bits per heavy atom. The van der Waals surface area contributed by atoms with Crippen LogP contribution in [0.3, 0.4) is 0 Å². The number of hydrogen-bond acceptors (Lipinski definition) is 2. The van der Waals surface area contributed by atoms with E-state index in [0.29, 0.717) is 24.0 Å². The van der Waals surface area contributed by atoms with E-state index in [1.807, 2.05) is 0 Å². The molecule has 0 rings (SSSR count). The molecule has 0 aromatic rings. The van der Waals surface area contributed by atoms with E-state index in [4.69, 9.17) is 10.2 Å². The zero-order chi connectivity index (χ0) is 23.9. The summed E-state index contributed by atoms with van der Waals surface area (Å²) in [5.41, 5.74) is 0.695. The second kappa shape index (κ2) is 23.1. The van der Waals surface area contributed by atoms with Crippen LogP contribution in [0.25, 0.3) is 0 Å². The van der Waals surface area contributed by atoms with Crippen LogP contribution < -0.4 is 0 Å². The second-order valence-electron chi connectivity index (χ2n) is 9.10. The van der Waals surface area contributed by atoms with Crippen molar-refractivity contribution in [3.8, 4) is 0 Å². The molecular formula is C27H50O4. The summed E-state index contributed by atoms with van der Waals surface area (Å²) >= 11 is 0. The number of carbonyl (C=O) groups is 2. The van der Waals surface area contributed by atoms with Crippen LogP contribution in [0.4, 0.5) is 0 Å². The predicted octanol–water partition coefficient (Wildman–Crippen LogP) is 8.56. The van der Waals surface area contributed by atoms with E-state index in [0.717, 1.165) is 31.6 Å². The fraction of sp³-hybridized carbons (Fsp3) is 0.778. The molecule has 31 heavy (non-hydrogen) atoms. The van der Waals surface area contributed by atoms with Crippen LogP contribution in [0.1, 0.15) is 130 Å². The summed E-state index contributed by atoms with van der Waals surface area (Å²) in [6.45, 7) is 13.8. The Morgan fingerprint density at radius 2 is 0.935 bits per heavy atom. The molecule has 0 heterocycles. The number of carboxylic acids is 2. The molecule has 0 spiro atoms. The van der Waals surface area contributed by atoms with E-state index in [1.165, 1.54) is 70.6 Å².